The molecule has 2 aromatic rings. The molecule has 5 heteroatoms. The molecule has 0 aliphatic heterocycles. The Labute approximate surface area is 124 Å². The summed E-state index contributed by atoms with van der Waals surface area (Å²) in [6.07, 6.45) is 0.604. The average Bonchev–Trinajstić information content (AvgIpc) is 2.47. The highest BCUT2D eigenvalue weighted by Gasteiger charge is 2.12. The monoisotopic (exact) mass is 307 g/mol. The molecule has 0 amide bonds. The summed E-state index contributed by atoms with van der Waals surface area (Å²) >= 11 is 0. The van der Waals surface area contributed by atoms with Crippen molar-refractivity contribution in [2.45, 2.75) is 24.8 Å². The third-order valence-corrected chi connectivity index (χ3v) is 5.03. The quantitative estimate of drug-likeness (QED) is 0.886. The van der Waals surface area contributed by atoms with Crippen LogP contribution in [0, 0.1) is 5.82 Å². The molecule has 0 heterocycles. The van der Waals surface area contributed by atoms with Crippen molar-refractivity contribution in [2.75, 3.05) is 11.1 Å². The minimum absolute atomic E-state index is 0.162. The Kier molecular flexibility index (Phi) is 4.96. The van der Waals surface area contributed by atoms with Gasteiger partial charge in [0.05, 0.1) is 10.6 Å². The summed E-state index contributed by atoms with van der Waals surface area (Å²) in [6, 6.07) is 13.0. The second-order valence-corrected chi connectivity index (χ2v) is 6.93. The molecule has 2 rings (SSSR count). The van der Waals surface area contributed by atoms with Crippen LogP contribution >= 0.6 is 0 Å². The van der Waals surface area contributed by atoms with Gasteiger partial charge >= 0.3 is 0 Å². The molecule has 0 aliphatic carbocycles. The summed E-state index contributed by atoms with van der Waals surface area (Å²) < 4.78 is 36.6. The van der Waals surface area contributed by atoms with Gasteiger partial charge in [0.15, 0.2) is 9.84 Å². The number of sulfone groups is 1. The number of nitrogens with one attached hydrogen (secondary N) is 1. The first kappa shape index (κ1) is 15.5. The predicted octanol–water partition coefficient (Wildman–Crippen LogP) is 3.62. The maximum atomic E-state index is 12.8. The van der Waals surface area contributed by atoms with E-state index in [9.17, 15) is 12.8 Å². The molecule has 3 nitrogen and oxygen atoms in total. The van der Waals surface area contributed by atoms with Gasteiger partial charge in [0.25, 0.3) is 0 Å². The highest BCUT2D eigenvalue weighted by molar-refractivity contribution is 7.91. The van der Waals surface area contributed by atoms with Crippen molar-refractivity contribution in [3.8, 4) is 0 Å². The second-order valence-electron chi connectivity index (χ2n) is 4.82. The lowest BCUT2D eigenvalue weighted by atomic mass is 10.2. The number of halogens is 1. The van der Waals surface area contributed by atoms with E-state index in [2.05, 4.69) is 5.32 Å². The van der Waals surface area contributed by atoms with E-state index in [1.165, 1.54) is 12.1 Å². The van der Waals surface area contributed by atoms with Gasteiger partial charge < -0.3 is 5.32 Å². The summed E-state index contributed by atoms with van der Waals surface area (Å²) in [5.41, 5.74) is 1.79. The van der Waals surface area contributed by atoms with Crippen molar-refractivity contribution in [3.05, 3.63) is 59.9 Å². The van der Waals surface area contributed by atoms with Gasteiger partial charge in [0.2, 0.25) is 0 Å². The van der Waals surface area contributed by atoms with E-state index in [4.69, 9.17) is 0 Å². The summed E-state index contributed by atoms with van der Waals surface area (Å²) in [7, 11) is -3.17. The normalized spacial score (nSPS) is 11.3. The van der Waals surface area contributed by atoms with E-state index in [1.54, 1.807) is 36.4 Å². The summed E-state index contributed by atoms with van der Waals surface area (Å²) in [5, 5.41) is 3.17. The molecule has 1 N–H and O–H groups in total. The largest absolute Gasteiger partial charge is 0.381 e. The van der Waals surface area contributed by atoms with E-state index in [0.29, 0.717) is 17.9 Å². The van der Waals surface area contributed by atoms with Crippen LogP contribution in [0.3, 0.4) is 0 Å². The highest BCUT2D eigenvalue weighted by Crippen LogP contribution is 2.17. The lowest BCUT2D eigenvalue weighted by Crippen LogP contribution is -2.06. The standard InChI is InChI=1S/C16H18FNO2S/c1-2-11-21(19,20)16-9-7-15(8-10-16)18-12-13-3-5-14(17)6-4-13/h3-10,18H,2,11-12H2,1H3. The van der Waals surface area contributed by atoms with E-state index >= 15 is 0 Å². The Morgan fingerprint density at radius 2 is 1.62 bits per heavy atom. The molecule has 112 valence electrons. The Morgan fingerprint density at radius 3 is 2.19 bits per heavy atom. The molecule has 21 heavy (non-hydrogen) atoms. The van der Waals surface area contributed by atoms with E-state index in [-0.39, 0.29) is 11.6 Å². The molecule has 2 aromatic carbocycles. The summed E-state index contributed by atoms with van der Waals surface area (Å²) in [5.74, 6) is -0.0979. The van der Waals surface area contributed by atoms with Crippen molar-refractivity contribution in [1.29, 1.82) is 0 Å². The minimum Gasteiger partial charge on any atom is -0.381 e. The fourth-order valence-electron chi connectivity index (χ4n) is 1.97. The molecule has 0 atom stereocenters. The lowest BCUT2D eigenvalue weighted by molar-refractivity contribution is 0.594. The van der Waals surface area contributed by atoms with Crippen LogP contribution in [0.1, 0.15) is 18.9 Å². The molecular weight excluding hydrogens is 289 g/mol. The smallest absolute Gasteiger partial charge is 0.178 e. The van der Waals surface area contributed by atoms with Crippen molar-refractivity contribution >= 4 is 15.5 Å². The zero-order valence-electron chi connectivity index (χ0n) is 11.8. The maximum Gasteiger partial charge on any atom is 0.178 e. The Morgan fingerprint density at radius 1 is 1.00 bits per heavy atom. The molecule has 0 bridgehead atoms. The Bertz CT molecular complexity index is 679. The molecule has 0 radical (unpaired) electrons. The van der Waals surface area contributed by atoms with Gasteiger partial charge in [-0.3, -0.25) is 0 Å². The highest BCUT2D eigenvalue weighted by atomic mass is 32.2. The summed E-state index contributed by atoms with van der Waals surface area (Å²) in [6.45, 7) is 2.40. The Hall–Kier alpha value is -1.88. The lowest BCUT2D eigenvalue weighted by Gasteiger charge is -2.08. The minimum atomic E-state index is -3.17. The van der Waals surface area contributed by atoms with Crippen LogP contribution in [0.4, 0.5) is 10.1 Å². The first-order valence-corrected chi connectivity index (χ1v) is 8.47. The van der Waals surface area contributed by atoms with Gasteiger partial charge in [-0.05, 0) is 48.4 Å². The predicted molar refractivity (Wildman–Crippen MR) is 82.5 cm³/mol. The zero-order valence-corrected chi connectivity index (χ0v) is 12.7. The van der Waals surface area contributed by atoms with Crippen LogP contribution in [0.2, 0.25) is 0 Å². The molecule has 0 fully saturated rings. The van der Waals surface area contributed by atoms with Crippen LogP contribution in [0.5, 0.6) is 0 Å². The number of rotatable bonds is 6. The van der Waals surface area contributed by atoms with Crippen LogP contribution in [0.15, 0.2) is 53.4 Å². The number of hydrogen-bond acceptors (Lipinski definition) is 3. The van der Waals surface area contributed by atoms with Gasteiger partial charge in [0, 0.05) is 12.2 Å². The van der Waals surface area contributed by atoms with Crippen molar-refractivity contribution in [3.63, 3.8) is 0 Å². The van der Waals surface area contributed by atoms with Gasteiger partial charge in [-0.1, -0.05) is 19.1 Å². The number of benzene rings is 2. The van der Waals surface area contributed by atoms with Crippen molar-refractivity contribution in [2.24, 2.45) is 0 Å². The first-order valence-electron chi connectivity index (χ1n) is 6.82. The maximum absolute atomic E-state index is 12.8. The van der Waals surface area contributed by atoms with Crippen molar-refractivity contribution < 1.29 is 12.8 Å². The molecule has 0 aliphatic rings. The fourth-order valence-corrected chi connectivity index (χ4v) is 3.30. The van der Waals surface area contributed by atoms with Gasteiger partial charge in [-0.15, -0.1) is 0 Å². The molecule has 0 aromatic heterocycles. The molecular formula is C16H18FNO2S. The number of hydrogen-bond donors (Lipinski definition) is 1. The molecule has 0 spiro atoms. The van der Waals surface area contributed by atoms with E-state index in [0.717, 1.165) is 11.3 Å². The van der Waals surface area contributed by atoms with Crippen LogP contribution in [-0.4, -0.2) is 14.2 Å². The van der Waals surface area contributed by atoms with E-state index in [1.807, 2.05) is 6.92 Å². The SMILES string of the molecule is CCCS(=O)(=O)c1ccc(NCc2ccc(F)cc2)cc1. The fraction of sp³-hybridized carbons (Fsp3) is 0.250. The summed E-state index contributed by atoms with van der Waals surface area (Å²) in [4.78, 5) is 0.344. The van der Waals surface area contributed by atoms with E-state index < -0.39 is 9.84 Å². The van der Waals surface area contributed by atoms with Crippen LogP contribution < -0.4 is 5.32 Å². The zero-order chi connectivity index (χ0) is 15.3. The third-order valence-electron chi connectivity index (χ3n) is 3.10. The molecule has 0 saturated carbocycles. The van der Waals surface area contributed by atoms with Crippen LogP contribution in [0.25, 0.3) is 0 Å². The van der Waals surface area contributed by atoms with Crippen LogP contribution in [-0.2, 0) is 16.4 Å². The van der Waals surface area contributed by atoms with Gasteiger partial charge in [-0.2, -0.15) is 0 Å². The van der Waals surface area contributed by atoms with Gasteiger partial charge in [0.1, 0.15) is 5.82 Å². The first-order chi connectivity index (χ1) is 10.0. The topological polar surface area (TPSA) is 46.2 Å². The average molecular weight is 307 g/mol. The third kappa shape index (κ3) is 4.29. The Balaban J connectivity index is 2.01. The van der Waals surface area contributed by atoms with Gasteiger partial charge in [-0.25, -0.2) is 12.8 Å². The second kappa shape index (κ2) is 6.72. The number of anilines is 1. The molecule has 0 saturated heterocycles. The molecule has 0 unspecified atom stereocenters. The van der Waals surface area contributed by atoms with Crippen molar-refractivity contribution in [1.82, 2.24) is 0 Å².